The Hall–Kier alpha value is -4.80. The van der Waals surface area contributed by atoms with Crippen LogP contribution >= 0.6 is 0 Å². The predicted octanol–water partition coefficient (Wildman–Crippen LogP) is 2.92. The summed E-state index contributed by atoms with van der Waals surface area (Å²) < 4.78 is 60.7. The molecule has 0 atom stereocenters. The van der Waals surface area contributed by atoms with Crippen LogP contribution < -0.4 is 20.3 Å². The fraction of sp³-hybridized carbons (Fsp3) is 0.524. The summed E-state index contributed by atoms with van der Waals surface area (Å²) in [5.74, 6) is 0.903. The van der Waals surface area contributed by atoms with Crippen LogP contribution in [0.1, 0.15) is 81.6 Å². The first-order chi connectivity index (χ1) is 28.0. The predicted molar refractivity (Wildman–Crippen MR) is 227 cm³/mol. The van der Waals surface area contributed by atoms with Crippen LogP contribution in [0.25, 0.3) is 0 Å². The average molecular weight is 864 g/mol. The standard InChI is InChI=1S/C21H29N5O3S.C13H13NO.C8H17N4O2S/c1-25-16(13-26(2,3)4)12-19(23-25)30(28,29)24-21(27)22-20-17-9-5-7-14(17)11-15-8-6-10-18(15)20;14-8-15-13-11-5-1-3-9(11)7-10-4-2-6-12(10)13;1-11-7(6-12(2,3)4)5-8(10-11)15(9,13)14/h11-12H,5-10,13H2,1-4H3,(H-,22,24,27);7H,1-6H2;5H,6H2,1-4H3,(H2,9,13,14)/q;;+1. The first kappa shape index (κ1) is 44.7. The molecule has 4 aliphatic rings. The van der Waals surface area contributed by atoms with Gasteiger partial charge in [0.05, 0.1) is 59.7 Å². The van der Waals surface area contributed by atoms with Crippen molar-refractivity contribution in [2.75, 3.05) is 47.6 Å². The lowest BCUT2D eigenvalue weighted by Gasteiger charge is -2.23. The molecule has 3 N–H and O–H groups in total. The summed E-state index contributed by atoms with van der Waals surface area (Å²) in [6, 6.07) is 6.75. The topological polar surface area (TPSA) is 210 Å². The van der Waals surface area contributed by atoms with Crippen LogP contribution in [0, 0.1) is 11.5 Å². The van der Waals surface area contributed by atoms with E-state index in [1.54, 1.807) is 18.8 Å². The Morgan fingerprint density at radius 2 is 1.13 bits per heavy atom. The summed E-state index contributed by atoms with van der Waals surface area (Å²) in [7, 11) is 7.59. The number of quaternary nitrogens is 2. The average Bonchev–Trinajstić information content (AvgIpc) is 3.98. The van der Waals surface area contributed by atoms with Gasteiger partial charge < -0.3 is 24.1 Å². The number of aromatic nitrogens is 4. The third-order valence-electron chi connectivity index (χ3n) is 11.2. The van der Waals surface area contributed by atoms with Gasteiger partial charge in [-0.15, -0.1) is 5.26 Å². The lowest BCUT2D eigenvalue weighted by molar-refractivity contribution is -0.884. The van der Waals surface area contributed by atoms with Gasteiger partial charge in [0, 0.05) is 31.9 Å². The van der Waals surface area contributed by atoms with E-state index in [-0.39, 0.29) is 10.1 Å². The fourth-order valence-electron chi connectivity index (χ4n) is 8.67. The molecule has 18 heteroatoms. The van der Waals surface area contributed by atoms with Crippen molar-refractivity contribution >= 4 is 31.8 Å². The largest absolute Gasteiger partial charge is 0.845 e. The maximum Gasteiger partial charge on any atom is 0.302 e. The lowest BCUT2D eigenvalue weighted by atomic mass is 9.99. The van der Waals surface area contributed by atoms with Crippen molar-refractivity contribution in [2.24, 2.45) is 23.6 Å². The number of sulfonamides is 2. The molecule has 0 bridgehead atoms. The summed E-state index contributed by atoms with van der Waals surface area (Å²) in [6.45, 7) is 1.30. The van der Waals surface area contributed by atoms with Gasteiger partial charge in [-0.3, -0.25) is 9.36 Å². The Balaban J connectivity index is 0.000000168. The van der Waals surface area contributed by atoms with Crippen LogP contribution in [0.4, 0.5) is 5.69 Å². The van der Waals surface area contributed by atoms with E-state index in [0.29, 0.717) is 22.1 Å². The van der Waals surface area contributed by atoms with Gasteiger partial charge in [0.15, 0.2) is 10.1 Å². The molecule has 16 nitrogen and oxygen atoms in total. The number of nitriles is 1. The number of nitrogens with two attached hydrogens (primary N) is 1. The highest BCUT2D eigenvalue weighted by atomic mass is 32.2. The van der Waals surface area contributed by atoms with Crippen molar-refractivity contribution in [3.63, 3.8) is 0 Å². The maximum atomic E-state index is 12.7. The number of anilines is 1. The molecule has 4 aromatic rings. The summed E-state index contributed by atoms with van der Waals surface area (Å²) in [6.07, 6.45) is 14.7. The third kappa shape index (κ3) is 10.6. The fourth-order valence-corrected chi connectivity index (χ4v) is 10.1. The van der Waals surface area contributed by atoms with E-state index in [2.05, 4.69) is 32.0 Å². The second-order valence-corrected chi connectivity index (χ2v) is 21.3. The number of benzene rings is 2. The second kappa shape index (κ2) is 17.3. The van der Waals surface area contributed by atoms with E-state index in [1.165, 1.54) is 63.0 Å². The molecule has 0 fully saturated rings. The van der Waals surface area contributed by atoms with E-state index in [1.807, 2.05) is 48.5 Å². The first-order valence-corrected chi connectivity index (χ1v) is 23.4. The molecule has 2 heterocycles. The molecule has 324 valence electrons. The van der Waals surface area contributed by atoms with Crippen molar-refractivity contribution in [1.82, 2.24) is 19.6 Å². The number of nitrogens with one attached hydrogen (secondary N) is 1. The second-order valence-electron chi connectivity index (χ2n) is 18.2. The highest BCUT2D eigenvalue weighted by Gasteiger charge is 2.27. The van der Waals surface area contributed by atoms with Crippen molar-refractivity contribution < 1.29 is 35.6 Å². The van der Waals surface area contributed by atoms with E-state index in [0.717, 1.165) is 98.2 Å². The number of amidine groups is 1. The molecule has 60 heavy (non-hydrogen) atoms. The Morgan fingerprint density at radius 3 is 1.53 bits per heavy atom. The Morgan fingerprint density at radius 1 is 0.733 bits per heavy atom. The zero-order chi connectivity index (χ0) is 43.8. The zero-order valence-electron chi connectivity index (χ0n) is 36.1. The Kier molecular flexibility index (Phi) is 12.9. The monoisotopic (exact) mass is 863 g/mol. The molecule has 0 unspecified atom stereocenters. The van der Waals surface area contributed by atoms with Crippen LogP contribution in [-0.4, -0.2) is 93.7 Å². The molecule has 2 aromatic carbocycles. The zero-order valence-corrected chi connectivity index (χ0v) is 37.8. The molecule has 2 aromatic heterocycles. The van der Waals surface area contributed by atoms with Crippen molar-refractivity contribution in [2.45, 2.75) is 100 Å². The van der Waals surface area contributed by atoms with Gasteiger partial charge in [0.2, 0.25) is 0 Å². The Bertz CT molecular complexity index is 2510. The number of hydrogen-bond acceptors (Lipinski definition) is 9. The van der Waals surface area contributed by atoms with Crippen LogP contribution in [0.15, 0.2) is 38.7 Å². The lowest BCUT2D eigenvalue weighted by Crippen LogP contribution is -2.34. The number of nitrogens with zero attached hydrogens (tertiary/aromatic N) is 8. The minimum Gasteiger partial charge on any atom is -0.845 e. The van der Waals surface area contributed by atoms with Crippen LogP contribution in [-0.2, 0) is 98.6 Å². The molecule has 0 spiro atoms. The number of primary sulfonamides is 1. The molecule has 0 aliphatic heterocycles. The van der Waals surface area contributed by atoms with Gasteiger partial charge in [0.1, 0.15) is 18.8 Å². The van der Waals surface area contributed by atoms with E-state index >= 15 is 0 Å². The minimum absolute atomic E-state index is 0.0755. The summed E-state index contributed by atoms with van der Waals surface area (Å²) in [5.41, 5.74) is 12.6. The highest BCUT2D eigenvalue weighted by Crippen LogP contribution is 2.40. The molecule has 0 saturated heterocycles. The quantitative estimate of drug-likeness (QED) is 0.109. The summed E-state index contributed by atoms with van der Waals surface area (Å²) in [5, 5.41) is 36.8. The van der Waals surface area contributed by atoms with Gasteiger partial charge >= 0.3 is 10.0 Å². The maximum absolute atomic E-state index is 12.7. The third-order valence-corrected chi connectivity index (χ3v) is 13.1. The van der Waals surface area contributed by atoms with Gasteiger partial charge in [-0.25, -0.2) is 13.6 Å². The van der Waals surface area contributed by atoms with Crippen LogP contribution in [0.3, 0.4) is 0 Å². The van der Waals surface area contributed by atoms with E-state index in [9.17, 15) is 21.9 Å². The number of aryl methyl sites for hydroxylation is 6. The van der Waals surface area contributed by atoms with Crippen molar-refractivity contribution in [3.8, 4) is 12.0 Å². The molecule has 0 saturated carbocycles. The van der Waals surface area contributed by atoms with E-state index in [4.69, 9.17) is 15.1 Å². The Labute approximate surface area is 354 Å². The van der Waals surface area contributed by atoms with Gasteiger partial charge in [-0.05, 0) is 122 Å². The molecule has 0 radical (unpaired) electrons. The molecule has 8 rings (SSSR count). The van der Waals surface area contributed by atoms with Gasteiger partial charge in [-0.2, -0.15) is 23.0 Å². The molecular weight excluding hydrogens is 805 g/mol. The van der Waals surface area contributed by atoms with E-state index < -0.39 is 26.1 Å². The molecule has 0 amide bonds. The first-order valence-electron chi connectivity index (χ1n) is 20.4. The smallest absolute Gasteiger partial charge is 0.302 e. The summed E-state index contributed by atoms with van der Waals surface area (Å²) in [4.78, 5) is 0. The minimum atomic E-state index is -4.19. The highest BCUT2D eigenvalue weighted by molar-refractivity contribution is 7.90. The van der Waals surface area contributed by atoms with Gasteiger partial charge in [-0.1, -0.05) is 12.1 Å². The normalized spacial score (nSPS) is 15.8. The SMILES string of the molecule is Cn1nc(S(=O)(=O)N=C([O-])Nc2c3c(cc4c2CCC4)CCC3)cc1C[N+](C)(C)C.Cn1nc(S(N)(=O)=O)cc1C[N+](C)(C)C.N#COc1c2c(cc3c1CCC3)CCC2. The van der Waals surface area contributed by atoms with Crippen molar-refractivity contribution in [3.05, 3.63) is 80.2 Å². The summed E-state index contributed by atoms with van der Waals surface area (Å²) >= 11 is 0. The number of fused-ring (bicyclic) bond motifs is 4. The van der Waals surface area contributed by atoms with Crippen LogP contribution in [0.5, 0.6) is 5.75 Å². The molecule has 4 aliphatic carbocycles. The van der Waals surface area contributed by atoms with Gasteiger partial charge in [0.25, 0.3) is 16.3 Å². The number of ether oxygens (including phenoxy) is 1. The van der Waals surface area contributed by atoms with Crippen molar-refractivity contribution in [1.29, 1.82) is 5.26 Å². The van der Waals surface area contributed by atoms with Crippen LogP contribution in [0.2, 0.25) is 0 Å². The molecular formula is C42H59N10O6S2+. The number of hydrogen-bond donors (Lipinski definition) is 2. The number of rotatable bonds is 9.